The molecule has 106 valence electrons. The summed E-state index contributed by atoms with van der Waals surface area (Å²) in [4.78, 5) is 2.27. The summed E-state index contributed by atoms with van der Waals surface area (Å²) in [5.41, 5.74) is 1.12. The molecule has 2 unspecified atom stereocenters. The van der Waals surface area contributed by atoms with Gasteiger partial charge < -0.3 is 14.6 Å². The van der Waals surface area contributed by atoms with Crippen LogP contribution in [0.15, 0.2) is 24.3 Å². The highest BCUT2D eigenvalue weighted by molar-refractivity contribution is 5.28. The van der Waals surface area contributed by atoms with Crippen LogP contribution in [0.2, 0.25) is 0 Å². The molecule has 0 amide bonds. The maximum atomic E-state index is 9.26. The molecule has 1 saturated heterocycles. The zero-order chi connectivity index (χ0) is 13.7. The molecule has 2 rings (SSSR count). The van der Waals surface area contributed by atoms with E-state index >= 15 is 0 Å². The molecule has 1 aliphatic heterocycles. The van der Waals surface area contributed by atoms with Gasteiger partial charge in [-0.05, 0) is 31.0 Å². The number of aliphatic hydroxyl groups is 1. The van der Waals surface area contributed by atoms with Crippen molar-refractivity contribution in [2.24, 2.45) is 0 Å². The van der Waals surface area contributed by atoms with Crippen LogP contribution in [0.4, 0.5) is 0 Å². The molecule has 4 heteroatoms. The monoisotopic (exact) mass is 265 g/mol. The van der Waals surface area contributed by atoms with Gasteiger partial charge in [0.25, 0.3) is 0 Å². The zero-order valence-electron chi connectivity index (χ0n) is 11.7. The fourth-order valence-corrected chi connectivity index (χ4v) is 2.45. The van der Waals surface area contributed by atoms with Crippen LogP contribution >= 0.6 is 0 Å². The third kappa shape index (κ3) is 3.47. The molecule has 19 heavy (non-hydrogen) atoms. The van der Waals surface area contributed by atoms with Gasteiger partial charge in [0.1, 0.15) is 12.0 Å². The van der Waals surface area contributed by atoms with Crippen molar-refractivity contribution in [2.45, 2.75) is 32.6 Å². The van der Waals surface area contributed by atoms with Crippen molar-refractivity contribution < 1.29 is 14.6 Å². The highest BCUT2D eigenvalue weighted by Gasteiger charge is 2.32. The average molecular weight is 265 g/mol. The van der Waals surface area contributed by atoms with E-state index in [1.54, 1.807) is 0 Å². The number of aliphatic hydroxyl groups excluding tert-OH is 1. The van der Waals surface area contributed by atoms with Crippen LogP contribution in [-0.4, -0.2) is 42.4 Å². The number of hydrogen-bond acceptors (Lipinski definition) is 4. The third-order valence-electron chi connectivity index (χ3n) is 3.28. The summed E-state index contributed by atoms with van der Waals surface area (Å²) in [5, 5.41) is 9.26. The topological polar surface area (TPSA) is 41.9 Å². The SMILES string of the molecule is CCCN1CC(CO)OC1c1ccc(OCC)cc1. The largest absolute Gasteiger partial charge is 0.494 e. The Balaban J connectivity index is 2.09. The van der Waals surface area contributed by atoms with Gasteiger partial charge in [-0.1, -0.05) is 19.1 Å². The lowest BCUT2D eigenvalue weighted by atomic mass is 10.1. The first-order chi connectivity index (χ1) is 9.28. The molecule has 1 aromatic rings. The maximum absolute atomic E-state index is 9.26. The van der Waals surface area contributed by atoms with E-state index in [0.717, 1.165) is 30.8 Å². The molecule has 0 radical (unpaired) electrons. The number of benzene rings is 1. The molecule has 0 aromatic heterocycles. The summed E-state index contributed by atoms with van der Waals surface area (Å²) in [6.07, 6.45) is 0.950. The van der Waals surface area contributed by atoms with Gasteiger partial charge in [-0.25, -0.2) is 0 Å². The van der Waals surface area contributed by atoms with Gasteiger partial charge >= 0.3 is 0 Å². The highest BCUT2D eigenvalue weighted by Crippen LogP contribution is 2.31. The van der Waals surface area contributed by atoms with E-state index in [1.807, 2.05) is 31.2 Å². The first-order valence-corrected chi connectivity index (χ1v) is 7.01. The van der Waals surface area contributed by atoms with Gasteiger partial charge in [-0.15, -0.1) is 0 Å². The Morgan fingerprint density at radius 2 is 2.05 bits per heavy atom. The predicted octanol–water partition coefficient (Wildman–Crippen LogP) is 2.19. The second kappa shape index (κ2) is 6.89. The molecule has 1 aliphatic rings. The summed E-state index contributed by atoms with van der Waals surface area (Å²) >= 11 is 0. The number of rotatable bonds is 6. The highest BCUT2D eigenvalue weighted by atomic mass is 16.5. The summed E-state index contributed by atoms with van der Waals surface area (Å²) < 4.78 is 11.3. The zero-order valence-corrected chi connectivity index (χ0v) is 11.7. The molecule has 1 heterocycles. The Hall–Kier alpha value is -1.10. The fraction of sp³-hybridized carbons (Fsp3) is 0.600. The van der Waals surface area contributed by atoms with Crippen LogP contribution in [0.5, 0.6) is 5.75 Å². The summed E-state index contributed by atoms with van der Waals surface area (Å²) in [6.45, 7) is 6.66. The van der Waals surface area contributed by atoms with E-state index in [0.29, 0.717) is 6.61 Å². The Kier molecular flexibility index (Phi) is 5.19. The van der Waals surface area contributed by atoms with E-state index in [-0.39, 0.29) is 18.9 Å². The van der Waals surface area contributed by atoms with Crippen molar-refractivity contribution in [3.05, 3.63) is 29.8 Å². The van der Waals surface area contributed by atoms with Gasteiger partial charge in [0, 0.05) is 13.1 Å². The van der Waals surface area contributed by atoms with Gasteiger partial charge in [-0.2, -0.15) is 0 Å². The van der Waals surface area contributed by atoms with E-state index in [1.165, 1.54) is 0 Å². The molecular weight excluding hydrogens is 242 g/mol. The van der Waals surface area contributed by atoms with E-state index in [2.05, 4.69) is 11.8 Å². The molecule has 1 aromatic carbocycles. The van der Waals surface area contributed by atoms with E-state index in [4.69, 9.17) is 9.47 Å². The molecular formula is C15H23NO3. The van der Waals surface area contributed by atoms with Crippen molar-refractivity contribution in [2.75, 3.05) is 26.3 Å². The van der Waals surface area contributed by atoms with E-state index in [9.17, 15) is 5.11 Å². The third-order valence-corrected chi connectivity index (χ3v) is 3.28. The summed E-state index contributed by atoms with van der Waals surface area (Å²) in [6, 6.07) is 8.02. The molecule has 2 atom stereocenters. The number of ether oxygens (including phenoxy) is 2. The smallest absolute Gasteiger partial charge is 0.137 e. The van der Waals surface area contributed by atoms with Crippen LogP contribution in [-0.2, 0) is 4.74 Å². The Labute approximate surface area is 114 Å². The molecule has 0 aliphatic carbocycles. The lowest BCUT2D eigenvalue weighted by Gasteiger charge is -2.22. The van der Waals surface area contributed by atoms with Crippen LogP contribution < -0.4 is 4.74 Å². The first-order valence-electron chi connectivity index (χ1n) is 7.01. The summed E-state index contributed by atoms with van der Waals surface area (Å²) in [5.74, 6) is 0.880. The lowest BCUT2D eigenvalue weighted by molar-refractivity contribution is -0.0195. The standard InChI is InChI=1S/C15H23NO3/c1-3-9-16-10-14(11-17)19-15(16)12-5-7-13(8-6-12)18-4-2/h5-8,14-15,17H,3-4,9-11H2,1-2H3. The predicted molar refractivity (Wildman–Crippen MR) is 74.2 cm³/mol. The van der Waals surface area contributed by atoms with Crippen LogP contribution in [0.25, 0.3) is 0 Å². The van der Waals surface area contributed by atoms with Gasteiger partial charge in [0.05, 0.1) is 19.3 Å². The fourth-order valence-electron chi connectivity index (χ4n) is 2.45. The molecule has 0 saturated carbocycles. The molecule has 0 bridgehead atoms. The molecule has 1 N–H and O–H groups in total. The minimum atomic E-state index is -0.0804. The van der Waals surface area contributed by atoms with Gasteiger partial charge in [-0.3, -0.25) is 4.90 Å². The van der Waals surface area contributed by atoms with Gasteiger partial charge in [0.15, 0.2) is 0 Å². The minimum Gasteiger partial charge on any atom is -0.494 e. The van der Waals surface area contributed by atoms with Crippen molar-refractivity contribution in [1.29, 1.82) is 0 Å². The Bertz CT molecular complexity index is 379. The van der Waals surface area contributed by atoms with Crippen LogP contribution in [0.1, 0.15) is 32.1 Å². The number of hydrogen-bond donors (Lipinski definition) is 1. The minimum absolute atomic E-state index is 0.0484. The summed E-state index contributed by atoms with van der Waals surface area (Å²) in [7, 11) is 0. The van der Waals surface area contributed by atoms with Crippen LogP contribution in [0.3, 0.4) is 0 Å². The van der Waals surface area contributed by atoms with E-state index < -0.39 is 0 Å². The molecule has 0 spiro atoms. The normalized spacial score (nSPS) is 23.7. The number of nitrogens with zero attached hydrogens (tertiary/aromatic N) is 1. The van der Waals surface area contributed by atoms with Crippen molar-refractivity contribution in [3.8, 4) is 5.75 Å². The van der Waals surface area contributed by atoms with Crippen molar-refractivity contribution in [1.82, 2.24) is 4.90 Å². The van der Waals surface area contributed by atoms with Crippen LogP contribution in [0, 0.1) is 0 Å². The second-order valence-electron chi connectivity index (χ2n) is 4.79. The average Bonchev–Trinajstić information content (AvgIpc) is 2.84. The quantitative estimate of drug-likeness (QED) is 0.856. The van der Waals surface area contributed by atoms with Crippen molar-refractivity contribution >= 4 is 0 Å². The van der Waals surface area contributed by atoms with Crippen molar-refractivity contribution in [3.63, 3.8) is 0 Å². The second-order valence-corrected chi connectivity index (χ2v) is 4.79. The molecule has 1 fully saturated rings. The Morgan fingerprint density at radius 1 is 1.32 bits per heavy atom. The Morgan fingerprint density at radius 3 is 2.63 bits per heavy atom. The lowest BCUT2D eigenvalue weighted by Crippen LogP contribution is -2.26. The first kappa shape index (κ1) is 14.3. The maximum Gasteiger partial charge on any atom is 0.137 e. The van der Waals surface area contributed by atoms with Gasteiger partial charge in [0.2, 0.25) is 0 Å². The molecule has 4 nitrogen and oxygen atoms in total.